The molecule has 1 fully saturated rings. The van der Waals surface area contributed by atoms with Crippen LogP contribution in [0.3, 0.4) is 0 Å². The van der Waals surface area contributed by atoms with Crippen molar-refractivity contribution < 1.29 is 9.90 Å². The number of carbonyl (C=O) groups is 1. The van der Waals surface area contributed by atoms with E-state index in [4.69, 9.17) is 11.6 Å². The van der Waals surface area contributed by atoms with Gasteiger partial charge in [0.25, 0.3) is 0 Å². The highest BCUT2D eigenvalue weighted by Gasteiger charge is 2.45. The van der Waals surface area contributed by atoms with Crippen molar-refractivity contribution in [2.75, 3.05) is 0 Å². The van der Waals surface area contributed by atoms with Crippen LogP contribution < -0.4 is 0 Å². The molecule has 0 saturated heterocycles. The van der Waals surface area contributed by atoms with E-state index >= 15 is 0 Å². The number of rotatable bonds is 2. The molecule has 25 heavy (non-hydrogen) atoms. The van der Waals surface area contributed by atoms with Crippen molar-refractivity contribution in [2.45, 2.75) is 50.0 Å². The number of ketones is 1. The molecule has 2 aliphatic rings. The van der Waals surface area contributed by atoms with Crippen molar-refractivity contribution in [3.05, 3.63) is 70.2 Å². The Morgan fingerprint density at radius 2 is 1.64 bits per heavy atom. The lowest BCUT2D eigenvalue weighted by Crippen LogP contribution is -2.46. The maximum atomic E-state index is 12.9. The summed E-state index contributed by atoms with van der Waals surface area (Å²) in [5.74, 6) is 0.325. The molecule has 1 saturated carbocycles. The van der Waals surface area contributed by atoms with Gasteiger partial charge in [-0.1, -0.05) is 48.0 Å². The highest BCUT2D eigenvalue weighted by Crippen LogP contribution is 2.45. The third-order valence-electron chi connectivity index (χ3n) is 6.14. The first-order chi connectivity index (χ1) is 12.1. The Kier molecular flexibility index (Phi) is 4.43. The Balaban J connectivity index is 1.49. The summed E-state index contributed by atoms with van der Waals surface area (Å²) in [6, 6.07) is 15.9. The molecular weight excluding hydrogens is 332 g/mol. The first-order valence-corrected chi connectivity index (χ1v) is 9.54. The smallest absolute Gasteiger partial charge is 0.169 e. The number of benzene rings is 2. The molecule has 2 aromatic carbocycles. The summed E-state index contributed by atoms with van der Waals surface area (Å²) in [6.07, 6.45) is 4.87. The fraction of sp³-hybridized carbons (Fsp3) is 0.409. The lowest BCUT2D eigenvalue weighted by molar-refractivity contribution is -0.0457. The molecule has 0 aromatic heterocycles. The van der Waals surface area contributed by atoms with Crippen LogP contribution in [0.15, 0.2) is 48.5 Å². The monoisotopic (exact) mass is 354 g/mol. The maximum Gasteiger partial charge on any atom is 0.169 e. The summed E-state index contributed by atoms with van der Waals surface area (Å²) in [5, 5.41) is 12.0. The number of hydrogen-bond donors (Lipinski definition) is 1. The molecule has 2 aromatic rings. The summed E-state index contributed by atoms with van der Waals surface area (Å²) < 4.78 is 0. The number of aryl methyl sites for hydroxylation is 1. The molecule has 0 heterocycles. The Labute approximate surface area is 153 Å². The van der Waals surface area contributed by atoms with Crippen molar-refractivity contribution in [3.63, 3.8) is 0 Å². The van der Waals surface area contributed by atoms with Gasteiger partial charge in [-0.05, 0) is 67.7 Å². The average molecular weight is 355 g/mol. The van der Waals surface area contributed by atoms with Gasteiger partial charge in [-0.15, -0.1) is 0 Å². The van der Waals surface area contributed by atoms with Gasteiger partial charge in [0.2, 0.25) is 0 Å². The molecular formula is C22H23ClO2. The standard InChI is InChI=1S/C22H23ClO2/c23-18-8-5-15(6-9-18)16-11-13-22(25,14-12-16)20-10-7-17-3-1-2-4-19(17)21(20)24/h1-6,8-9,16,20,25H,7,10-14H2. The number of aliphatic hydroxyl groups is 1. The zero-order valence-corrected chi connectivity index (χ0v) is 15.0. The number of fused-ring (bicyclic) bond motifs is 1. The van der Waals surface area contributed by atoms with Gasteiger partial charge in [0.15, 0.2) is 5.78 Å². The van der Waals surface area contributed by atoms with E-state index in [0.717, 1.165) is 41.8 Å². The predicted molar refractivity (Wildman–Crippen MR) is 100 cm³/mol. The first kappa shape index (κ1) is 16.8. The zero-order chi connectivity index (χ0) is 17.4. The van der Waals surface area contributed by atoms with E-state index in [1.807, 2.05) is 36.4 Å². The lowest BCUT2D eigenvalue weighted by atomic mass is 9.65. The number of carbonyl (C=O) groups excluding carboxylic acids is 1. The summed E-state index contributed by atoms with van der Waals surface area (Å²) in [4.78, 5) is 12.9. The molecule has 0 amide bonds. The van der Waals surface area contributed by atoms with Gasteiger partial charge in [-0.2, -0.15) is 0 Å². The van der Waals surface area contributed by atoms with Gasteiger partial charge < -0.3 is 5.11 Å². The Bertz CT molecular complexity index is 773. The quantitative estimate of drug-likeness (QED) is 0.807. The molecule has 0 bridgehead atoms. The van der Waals surface area contributed by atoms with Crippen LogP contribution in [0.5, 0.6) is 0 Å². The van der Waals surface area contributed by atoms with E-state index < -0.39 is 5.60 Å². The molecule has 2 aliphatic carbocycles. The molecule has 0 aliphatic heterocycles. The highest BCUT2D eigenvalue weighted by molar-refractivity contribution is 6.30. The topological polar surface area (TPSA) is 37.3 Å². The minimum Gasteiger partial charge on any atom is -0.389 e. The number of halogens is 1. The SMILES string of the molecule is O=C1c2ccccc2CCC1C1(O)CCC(c2ccc(Cl)cc2)CC1. The second kappa shape index (κ2) is 6.59. The van der Waals surface area contributed by atoms with Crippen molar-refractivity contribution in [3.8, 4) is 0 Å². The zero-order valence-electron chi connectivity index (χ0n) is 14.2. The van der Waals surface area contributed by atoms with E-state index in [-0.39, 0.29) is 11.7 Å². The van der Waals surface area contributed by atoms with Crippen LogP contribution in [0.1, 0.15) is 59.5 Å². The van der Waals surface area contributed by atoms with Gasteiger partial charge in [-0.3, -0.25) is 4.79 Å². The van der Waals surface area contributed by atoms with E-state index in [2.05, 4.69) is 12.1 Å². The third kappa shape index (κ3) is 3.14. The molecule has 0 spiro atoms. The lowest BCUT2D eigenvalue weighted by Gasteiger charge is -2.42. The molecule has 0 radical (unpaired) electrons. The maximum absolute atomic E-state index is 12.9. The molecule has 130 valence electrons. The normalized spacial score (nSPS) is 29.3. The van der Waals surface area contributed by atoms with Gasteiger partial charge in [0.1, 0.15) is 0 Å². The minimum atomic E-state index is -0.854. The largest absolute Gasteiger partial charge is 0.389 e. The molecule has 2 nitrogen and oxygen atoms in total. The molecule has 1 atom stereocenters. The second-order valence-electron chi connectivity index (χ2n) is 7.54. The summed E-state index contributed by atoms with van der Waals surface area (Å²) in [5.41, 5.74) is 2.37. The first-order valence-electron chi connectivity index (χ1n) is 9.17. The molecule has 1 unspecified atom stereocenters. The number of Topliss-reactive ketones (excluding diaryl/α,β-unsaturated/α-hetero) is 1. The van der Waals surface area contributed by atoms with Crippen molar-refractivity contribution in [1.29, 1.82) is 0 Å². The van der Waals surface area contributed by atoms with E-state index in [1.165, 1.54) is 5.56 Å². The van der Waals surface area contributed by atoms with Crippen molar-refractivity contribution in [2.24, 2.45) is 5.92 Å². The van der Waals surface area contributed by atoms with Crippen molar-refractivity contribution >= 4 is 17.4 Å². The highest BCUT2D eigenvalue weighted by atomic mass is 35.5. The fourth-order valence-corrected chi connectivity index (χ4v) is 4.77. The Morgan fingerprint density at radius 1 is 0.960 bits per heavy atom. The summed E-state index contributed by atoms with van der Waals surface area (Å²) in [6.45, 7) is 0. The van der Waals surface area contributed by atoms with Crippen LogP contribution in [0.25, 0.3) is 0 Å². The van der Waals surface area contributed by atoms with Crippen LogP contribution >= 0.6 is 11.6 Å². The van der Waals surface area contributed by atoms with Crippen LogP contribution in [0.2, 0.25) is 5.02 Å². The minimum absolute atomic E-state index is 0.134. The average Bonchev–Trinajstić information content (AvgIpc) is 2.63. The Morgan fingerprint density at radius 3 is 2.36 bits per heavy atom. The van der Waals surface area contributed by atoms with Crippen LogP contribution in [-0.4, -0.2) is 16.5 Å². The number of hydrogen-bond acceptors (Lipinski definition) is 2. The van der Waals surface area contributed by atoms with Gasteiger partial charge in [-0.25, -0.2) is 0 Å². The van der Waals surface area contributed by atoms with Crippen molar-refractivity contribution in [1.82, 2.24) is 0 Å². The molecule has 1 N–H and O–H groups in total. The van der Waals surface area contributed by atoms with Gasteiger partial charge in [0, 0.05) is 10.6 Å². The molecule has 4 rings (SSSR count). The molecule has 3 heteroatoms. The van der Waals surface area contributed by atoms with E-state index in [9.17, 15) is 9.90 Å². The van der Waals surface area contributed by atoms with Gasteiger partial charge >= 0.3 is 0 Å². The second-order valence-corrected chi connectivity index (χ2v) is 7.98. The van der Waals surface area contributed by atoms with Gasteiger partial charge in [0.05, 0.1) is 11.5 Å². The Hall–Kier alpha value is -1.64. The van der Waals surface area contributed by atoms with Crippen LogP contribution in [0, 0.1) is 5.92 Å². The predicted octanol–water partition coefficient (Wildman–Crippen LogP) is 5.17. The summed E-state index contributed by atoms with van der Waals surface area (Å²) in [7, 11) is 0. The van der Waals surface area contributed by atoms with E-state index in [0.29, 0.717) is 18.8 Å². The van der Waals surface area contributed by atoms with Crippen LogP contribution in [0.4, 0.5) is 0 Å². The fourth-order valence-electron chi connectivity index (χ4n) is 4.64. The van der Waals surface area contributed by atoms with E-state index in [1.54, 1.807) is 0 Å². The van der Waals surface area contributed by atoms with Crippen LogP contribution in [-0.2, 0) is 6.42 Å². The summed E-state index contributed by atoms with van der Waals surface area (Å²) >= 11 is 5.98. The third-order valence-corrected chi connectivity index (χ3v) is 6.40.